The maximum Gasteiger partial charge on any atom is 0.270 e. The molecule has 0 aromatic heterocycles. The summed E-state index contributed by atoms with van der Waals surface area (Å²) < 4.78 is 0. The number of non-ortho nitro benzene ring substituents is 1. The fraction of sp³-hybridized carbons (Fsp3) is 0.333. The number of carbonyl (C=O) groups is 2. The van der Waals surface area contributed by atoms with E-state index in [1.807, 2.05) is 0 Å². The van der Waals surface area contributed by atoms with E-state index in [4.69, 9.17) is 0 Å². The number of nitro groups is 1. The van der Waals surface area contributed by atoms with Crippen LogP contribution in [0.1, 0.15) is 36.0 Å². The molecule has 2 aromatic rings. The number of nitro benzene ring substituents is 1. The molecule has 0 spiro atoms. The van der Waals surface area contributed by atoms with Crippen molar-refractivity contribution in [1.82, 2.24) is 0 Å². The number of hydrogen-bond donors (Lipinski definition) is 2. The normalized spacial score (nSPS) is 15.8. The van der Waals surface area contributed by atoms with Crippen LogP contribution in [0.15, 0.2) is 42.5 Å². The molecule has 0 atom stereocenters. The number of anilines is 3. The van der Waals surface area contributed by atoms with Gasteiger partial charge in [0.25, 0.3) is 11.6 Å². The molecule has 1 saturated carbocycles. The van der Waals surface area contributed by atoms with Gasteiger partial charge in [0.1, 0.15) is 0 Å². The lowest BCUT2D eigenvalue weighted by molar-refractivity contribution is -0.384. The van der Waals surface area contributed by atoms with Crippen LogP contribution in [-0.4, -0.2) is 29.8 Å². The van der Waals surface area contributed by atoms with Gasteiger partial charge in [-0.2, -0.15) is 0 Å². The lowest BCUT2D eigenvalue weighted by Gasteiger charge is -2.21. The summed E-state index contributed by atoms with van der Waals surface area (Å²) in [7, 11) is 0. The first-order chi connectivity index (χ1) is 14.0. The largest absolute Gasteiger partial charge is 0.371 e. The molecule has 29 heavy (non-hydrogen) atoms. The monoisotopic (exact) mass is 394 g/mol. The van der Waals surface area contributed by atoms with Crippen molar-refractivity contribution in [2.45, 2.75) is 25.7 Å². The first-order valence-corrected chi connectivity index (χ1v) is 9.77. The van der Waals surface area contributed by atoms with Gasteiger partial charge in [-0.25, -0.2) is 0 Å². The highest BCUT2D eigenvalue weighted by Crippen LogP contribution is 2.31. The Kier molecular flexibility index (Phi) is 5.16. The van der Waals surface area contributed by atoms with E-state index in [0.29, 0.717) is 17.1 Å². The Hall–Kier alpha value is -3.42. The molecule has 2 aliphatic rings. The Balaban J connectivity index is 1.51. The van der Waals surface area contributed by atoms with E-state index >= 15 is 0 Å². The Bertz CT molecular complexity index is 948. The van der Waals surface area contributed by atoms with Crippen LogP contribution in [0, 0.1) is 16.0 Å². The zero-order chi connectivity index (χ0) is 20.4. The van der Waals surface area contributed by atoms with Crippen molar-refractivity contribution in [2.75, 3.05) is 28.6 Å². The second-order valence-corrected chi connectivity index (χ2v) is 7.45. The van der Waals surface area contributed by atoms with Gasteiger partial charge >= 0.3 is 0 Å². The lowest BCUT2D eigenvalue weighted by Crippen LogP contribution is -2.23. The summed E-state index contributed by atoms with van der Waals surface area (Å²) in [6.45, 7) is 1.65. The predicted molar refractivity (Wildman–Crippen MR) is 110 cm³/mol. The molecular formula is C21H22N4O4. The van der Waals surface area contributed by atoms with Crippen LogP contribution in [0.3, 0.4) is 0 Å². The molecule has 1 heterocycles. The summed E-state index contributed by atoms with van der Waals surface area (Å²) in [6.07, 6.45) is 3.93. The highest BCUT2D eigenvalue weighted by Gasteiger charge is 2.29. The molecule has 2 fully saturated rings. The summed E-state index contributed by atoms with van der Waals surface area (Å²) in [5.41, 5.74) is 2.11. The molecule has 0 unspecified atom stereocenters. The Morgan fingerprint density at radius 3 is 2.17 bits per heavy atom. The van der Waals surface area contributed by atoms with Crippen molar-refractivity contribution in [3.8, 4) is 0 Å². The van der Waals surface area contributed by atoms with Gasteiger partial charge in [-0.1, -0.05) is 0 Å². The second-order valence-electron chi connectivity index (χ2n) is 7.45. The zero-order valence-electron chi connectivity index (χ0n) is 15.9. The lowest BCUT2D eigenvalue weighted by atomic mass is 10.1. The quantitative estimate of drug-likeness (QED) is 0.573. The average molecular weight is 394 g/mol. The number of hydrogen-bond acceptors (Lipinski definition) is 5. The number of carbonyl (C=O) groups excluding carboxylic acids is 2. The fourth-order valence-corrected chi connectivity index (χ4v) is 3.48. The molecule has 8 nitrogen and oxygen atoms in total. The van der Waals surface area contributed by atoms with Crippen LogP contribution < -0.4 is 15.5 Å². The minimum absolute atomic E-state index is 0.0219. The van der Waals surface area contributed by atoms with Crippen LogP contribution in [0.4, 0.5) is 22.7 Å². The Labute approximate surface area is 168 Å². The van der Waals surface area contributed by atoms with Gasteiger partial charge in [-0.3, -0.25) is 19.7 Å². The molecule has 2 N–H and O–H groups in total. The SMILES string of the molecule is O=C(Nc1ccc(NC(=O)C2CC2)cc1)c1cc([N+](=O)[O-])ccc1N1CCCC1. The van der Waals surface area contributed by atoms with Crippen molar-refractivity contribution in [1.29, 1.82) is 0 Å². The van der Waals surface area contributed by atoms with Gasteiger partial charge in [0.05, 0.1) is 16.2 Å². The molecule has 0 radical (unpaired) electrons. The molecule has 1 aliphatic carbocycles. The molecule has 4 rings (SSSR count). The number of amides is 2. The molecule has 150 valence electrons. The predicted octanol–water partition coefficient (Wildman–Crippen LogP) is 3.80. The van der Waals surface area contributed by atoms with Gasteiger partial charge in [0, 0.05) is 42.5 Å². The highest BCUT2D eigenvalue weighted by molar-refractivity contribution is 6.08. The van der Waals surface area contributed by atoms with Crippen molar-refractivity contribution >= 4 is 34.6 Å². The third-order valence-electron chi connectivity index (χ3n) is 5.24. The van der Waals surface area contributed by atoms with E-state index in [9.17, 15) is 19.7 Å². The van der Waals surface area contributed by atoms with Crippen LogP contribution in [0.2, 0.25) is 0 Å². The van der Waals surface area contributed by atoms with Gasteiger partial charge < -0.3 is 15.5 Å². The highest BCUT2D eigenvalue weighted by atomic mass is 16.6. The zero-order valence-corrected chi connectivity index (χ0v) is 15.9. The summed E-state index contributed by atoms with van der Waals surface area (Å²) in [4.78, 5) is 37.5. The number of nitrogens with one attached hydrogen (secondary N) is 2. The van der Waals surface area contributed by atoms with E-state index in [-0.39, 0.29) is 23.1 Å². The van der Waals surface area contributed by atoms with Gasteiger partial charge in [-0.15, -0.1) is 0 Å². The van der Waals surface area contributed by atoms with E-state index in [2.05, 4.69) is 15.5 Å². The number of benzene rings is 2. The third-order valence-corrected chi connectivity index (χ3v) is 5.24. The smallest absolute Gasteiger partial charge is 0.270 e. The minimum atomic E-state index is -0.498. The standard InChI is InChI=1S/C21H22N4O4/c26-20(14-3-4-14)22-15-5-7-16(8-6-15)23-21(27)18-13-17(25(28)29)9-10-19(18)24-11-1-2-12-24/h5-10,13-14H,1-4,11-12H2,(H,22,26)(H,23,27). The summed E-state index contributed by atoms with van der Waals surface area (Å²) >= 11 is 0. The molecule has 0 bridgehead atoms. The van der Waals surface area contributed by atoms with E-state index < -0.39 is 10.8 Å². The Morgan fingerprint density at radius 2 is 1.59 bits per heavy atom. The minimum Gasteiger partial charge on any atom is -0.371 e. The van der Waals surface area contributed by atoms with Crippen LogP contribution >= 0.6 is 0 Å². The fourth-order valence-electron chi connectivity index (χ4n) is 3.48. The molecule has 2 aromatic carbocycles. The first-order valence-electron chi connectivity index (χ1n) is 9.77. The van der Waals surface area contributed by atoms with E-state index in [1.165, 1.54) is 12.1 Å². The van der Waals surface area contributed by atoms with Gasteiger partial charge in [0.15, 0.2) is 0 Å². The molecular weight excluding hydrogens is 372 g/mol. The first kappa shape index (κ1) is 18.9. The van der Waals surface area contributed by atoms with Crippen LogP contribution in [0.5, 0.6) is 0 Å². The number of nitrogens with zero attached hydrogens (tertiary/aromatic N) is 2. The summed E-state index contributed by atoms with van der Waals surface area (Å²) in [6, 6.07) is 11.3. The summed E-state index contributed by atoms with van der Waals surface area (Å²) in [5, 5.41) is 16.8. The molecule has 1 saturated heterocycles. The third kappa shape index (κ3) is 4.37. The van der Waals surface area contributed by atoms with Crippen molar-refractivity contribution < 1.29 is 14.5 Å². The van der Waals surface area contributed by atoms with Crippen LogP contribution in [-0.2, 0) is 4.79 Å². The number of rotatable bonds is 6. The van der Waals surface area contributed by atoms with Crippen molar-refractivity contribution in [3.63, 3.8) is 0 Å². The van der Waals surface area contributed by atoms with Crippen molar-refractivity contribution in [2.24, 2.45) is 5.92 Å². The van der Waals surface area contributed by atoms with E-state index in [1.54, 1.807) is 30.3 Å². The average Bonchev–Trinajstić information content (AvgIpc) is 3.43. The summed E-state index contributed by atoms with van der Waals surface area (Å²) in [5.74, 6) is -0.258. The van der Waals surface area contributed by atoms with Gasteiger partial charge in [0.2, 0.25) is 5.91 Å². The maximum absolute atomic E-state index is 12.9. The second kappa shape index (κ2) is 7.90. The van der Waals surface area contributed by atoms with E-state index in [0.717, 1.165) is 38.8 Å². The van der Waals surface area contributed by atoms with Crippen LogP contribution in [0.25, 0.3) is 0 Å². The van der Waals surface area contributed by atoms with Crippen molar-refractivity contribution in [3.05, 3.63) is 58.1 Å². The molecule has 8 heteroatoms. The molecule has 1 aliphatic heterocycles. The van der Waals surface area contributed by atoms with Gasteiger partial charge in [-0.05, 0) is 56.0 Å². The molecule has 2 amide bonds. The Morgan fingerprint density at radius 1 is 0.966 bits per heavy atom. The topological polar surface area (TPSA) is 105 Å². The maximum atomic E-state index is 12.9.